The van der Waals surface area contributed by atoms with E-state index >= 15 is 0 Å². The molecule has 1 N–H and O–H groups in total. The molecule has 1 atom stereocenters. The molecule has 1 unspecified atom stereocenters. The molecule has 0 aliphatic heterocycles. The summed E-state index contributed by atoms with van der Waals surface area (Å²) in [5, 5.41) is 11.1. The van der Waals surface area contributed by atoms with E-state index in [1.165, 1.54) is 27.8 Å². The summed E-state index contributed by atoms with van der Waals surface area (Å²) in [5.74, 6) is 0. The molecule has 20 heavy (non-hydrogen) atoms. The lowest BCUT2D eigenvalue weighted by Crippen LogP contribution is -2.26. The van der Waals surface area contributed by atoms with E-state index in [1.807, 2.05) is 6.07 Å². The predicted molar refractivity (Wildman–Crippen MR) is 83.0 cm³/mol. The lowest BCUT2D eigenvalue weighted by atomic mass is 9.85. The van der Waals surface area contributed by atoms with Crippen molar-refractivity contribution < 1.29 is 5.11 Å². The molecule has 0 spiro atoms. The third-order valence-electron chi connectivity index (χ3n) is 4.64. The van der Waals surface area contributed by atoms with Gasteiger partial charge in [0.2, 0.25) is 0 Å². The van der Waals surface area contributed by atoms with Gasteiger partial charge in [-0.2, -0.15) is 0 Å². The molecule has 0 aromatic heterocycles. The van der Waals surface area contributed by atoms with Gasteiger partial charge in [-0.3, -0.25) is 0 Å². The van der Waals surface area contributed by atoms with Crippen LogP contribution in [0, 0.1) is 20.8 Å². The van der Waals surface area contributed by atoms with Crippen molar-refractivity contribution in [3.63, 3.8) is 0 Å². The molecule has 2 aromatic carbocycles. The fourth-order valence-electron chi connectivity index (χ4n) is 3.63. The Morgan fingerprint density at radius 1 is 1.05 bits per heavy atom. The summed E-state index contributed by atoms with van der Waals surface area (Å²) < 4.78 is 0. The van der Waals surface area contributed by atoms with Crippen molar-refractivity contribution in [3.8, 4) is 0 Å². The zero-order chi connectivity index (χ0) is 14.3. The van der Waals surface area contributed by atoms with Gasteiger partial charge < -0.3 is 5.11 Å². The lowest BCUT2D eigenvalue weighted by molar-refractivity contribution is 0.0386. The third-order valence-corrected chi connectivity index (χ3v) is 4.64. The van der Waals surface area contributed by atoms with Gasteiger partial charge in [-0.05, 0) is 61.4 Å². The normalized spacial score (nSPS) is 21.0. The molecule has 1 aliphatic rings. The van der Waals surface area contributed by atoms with E-state index in [9.17, 15) is 5.11 Å². The van der Waals surface area contributed by atoms with Gasteiger partial charge in [0, 0.05) is 6.42 Å². The van der Waals surface area contributed by atoms with Gasteiger partial charge >= 0.3 is 0 Å². The third kappa shape index (κ3) is 2.16. The van der Waals surface area contributed by atoms with E-state index in [2.05, 4.69) is 51.1 Å². The van der Waals surface area contributed by atoms with E-state index in [4.69, 9.17) is 0 Å². The van der Waals surface area contributed by atoms with Crippen molar-refractivity contribution in [1.82, 2.24) is 0 Å². The Morgan fingerprint density at radius 2 is 1.70 bits per heavy atom. The Balaban J connectivity index is 2.00. The van der Waals surface area contributed by atoms with Crippen molar-refractivity contribution >= 4 is 0 Å². The van der Waals surface area contributed by atoms with E-state index in [0.29, 0.717) is 0 Å². The molecule has 0 amide bonds. The van der Waals surface area contributed by atoms with E-state index in [1.54, 1.807) is 0 Å². The average molecular weight is 266 g/mol. The summed E-state index contributed by atoms with van der Waals surface area (Å²) >= 11 is 0. The van der Waals surface area contributed by atoms with Crippen LogP contribution < -0.4 is 0 Å². The summed E-state index contributed by atoms with van der Waals surface area (Å²) in [5.41, 5.74) is 6.91. The zero-order valence-corrected chi connectivity index (χ0v) is 12.5. The first kappa shape index (κ1) is 13.4. The molecule has 1 nitrogen and oxygen atoms in total. The van der Waals surface area contributed by atoms with Gasteiger partial charge in [0.1, 0.15) is 0 Å². The quantitative estimate of drug-likeness (QED) is 0.871. The summed E-state index contributed by atoms with van der Waals surface area (Å²) in [4.78, 5) is 0. The first-order chi connectivity index (χ1) is 9.49. The van der Waals surface area contributed by atoms with Gasteiger partial charge in [0.05, 0.1) is 5.60 Å². The van der Waals surface area contributed by atoms with Crippen LogP contribution in [0.25, 0.3) is 0 Å². The van der Waals surface area contributed by atoms with E-state index < -0.39 is 5.60 Å². The maximum absolute atomic E-state index is 11.1. The second-order valence-electron chi connectivity index (χ2n) is 6.24. The minimum Gasteiger partial charge on any atom is -0.385 e. The Bertz CT molecular complexity index is 634. The SMILES string of the molecule is Cc1cc(C)c(CC2(O)CCc3ccccc32)c(C)c1. The zero-order valence-electron chi connectivity index (χ0n) is 12.5. The van der Waals surface area contributed by atoms with Crippen molar-refractivity contribution in [2.45, 2.75) is 45.6 Å². The molecule has 2 aromatic rings. The molecule has 104 valence electrons. The largest absolute Gasteiger partial charge is 0.385 e. The second-order valence-corrected chi connectivity index (χ2v) is 6.24. The number of fused-ring (bicyclic) bond motifs is 1. The van der Waals surface area contributed by atoms with Crippen molar-refractivity contribution in [2.75, 3.05) is 0 Å². The number of hydrogen-bond acceptors (Lipinski definition) is 1. The number of hydrogen-bond donors (Lipinski definition) is 1. The molecule has 0 bridgehead atoms. The first-order valence-electron chi connectivity index (χ1n) is 7.37. The molecule has 0 fully saturated rings. The van der Waals surface area contributed by atoms with Gasteiger partial charge in [-0.25, -0.2) is 0 Å². The molecule has 0 heterocycles. The summed E-state index contributed by atoms with van der Waals surface area (Å²) in [6.45, 7) is 6.43. The van der Waals surface area contributed by atoms with Crippen LogP contribution in [0.5, 0.6) is 0 Å². The first-order valence-corrected chi connectivity index (χ1v) is 7.37. The predicted octanol–water partition coefficient (Wildman–Crippen LogP) is 3.99. The minimum atomic E-state index is -0.693. The molecular weight excluding hydrogens is 244 g/mol. The van der Waals surface area contributed by atoms with Gasteiger partial charge in [0.15, 0.2) is 0 Å². The van der Waals surface area contributed by atoms with Crippen LogP contribution in [-0.4, -0.2) is 5.11 Å². The fourth-order valence-corrected chi connectivity index (χ4v) is 3.63. The second kappa shape index (κ2) is 4.75. The summed E-state index contributed by atoms with van der Waals surface area (Å²) in [7, 11) is 0. The van der Waals surface area contributed by atoms with E-state index in [0.717, 1.165) is 24.8 Å². The van der Waals surface area contributed by atoms with Crippen molar-refractivity contribution in [3.05, 3.63) is 69.8 Å². The monoisotopic (exact) mass is 266 g/mol. The molecule has 0 radical (unpaired) electrons. The highest BCUT2D eigenvalue weighted by Gasteiger charge is 2.36. The van der Waals surface area contributed by atoms with Gasteiger partial charge in [-0.15, -0.1) is 0 Å². The standard InChI is InChI=1S/C19H22O/c1-13-10-14(2)17(15(3)11-13)12-19(20)9-8-16-6-4-5-7-18(16)19/h4-7,10-11,20H,8-9,12H2,1-3H3. The number of rotatable bonds is 2. The van der Waals surface area contributed by atoms with Crippen LogP contribution in [-0.2, 0) is 18.4 Å². The van der Waals surface area contributed by atoms with Crippen LogP contribution in [0.15, 0.2) is 36.4 Å². The molecular formula is C19H22O. The highest BCUT2D eigenvalue weighted by Crippen LogP contribution is 2.40. The number of aliphatic hydroxyl groups is 1. The molecule has 1 aliphatic carbocycles. The van der Waals surface area contributed by atoms with E-state index in [-0.39, 0.29) is 0 Å². The highest BCUT2D eigenvalue weighted by molar-refractivity contribution is 5.43. The Kier molecular flexibility index (Phi) is 3.18. The molecule has 3 rings (SSSR count). The minimum absolute atomic E-state index is 0.693. The topological polar surface area (TPSA) is 20.2 Å². The fraction of sp³-hybridized carbons (Fsp3) is 0.368. The Hall–Kier alpha value is -1.60. The van der Waals surface area contributed by atoms with Crippen molar-refractivity contribution in [2.24, 2.45) is 0 Å². The molecule has 0 saturated heterocycles. The summed E-state index contributed by atoms with van der Waals surface area (Å²) in [6, 6.07) is 12.7. The maximum Gasteiger partial charge on any atom is 0.0942 e. The Morgan fingerprint density at radius 3 is 2.40 bits per heavy atom. The number of benzene rings is 2. The van der Waals surface area contributed by atoms with Crippen LogP contribution in [0.2, 0.25) is 0 Å². The smallest absolute Gasteiger partial charge is 0.0942 e. The maximum atomic E-state index is 11.1. The average Bonchev–Trinajstić information content (AvgIpc) is 2.73. The van der Waals surface area contributed by atoms with Crippen molar-refractivity contribution in [1.29, 1.82) is 0 Å². The summed E-state index contributed by atoms with van der Waals surface area (Å²) in [6.07, 6.45) is 2.54. The highest BCUT2D eigenvalue weighted by atomic mass is 16.3. The molecule has 0 saturated carbocycles. The van der Waals surface area contributed by atoms with Crippen LogP contribution in [0.4, 0.5) is 0 Å². The van der Waals surface area contributed by atoms with Crippen LogP contribution in [0.3, 0.4) is 0 Å². The van der Waals surface area contributed by atoms with Gasteiger partial charge in [0.25, 0.3) is 0 Å². The van der Waals surface area contributed by atoms with Gasteiger partial charge in [-0.1, -0.05) is 42.0 Å². The lowest BCUT2D eigenvalue weighted by Gasteiger charge is -2.26. The Labute approximate surface area is 121 Å². The number of aryl methyl sites for hydroxylation is 4. The van der Waals surface area contributed by atoms with Crippen LogP contribution >= 0.6 is 0 Å². The molecule has 1 heteroatoms. The van der Waals surface area contributed by atoms with Crippen LogP contribution in [0.1, 0.15) is 39.8 Å².